The molecule has 2 heterocycles. The zero-order valence-electron chi connectivity index (χ0n) is 10.3. The molecule has 0 saturated carbocycles. The number of cyclic esters (lactones) is 1. The van der Waals surface area contributed by atoms with Gasteiger partial charge in [-0.3, -0.25) is 0 Å². The summed E-state index contributed by atoms with van der Waals surface area (Å²) in [6, 6.07) is 9.08. The van der Waals surface area contributed by atoms with E-state index >= 15 is 0 Å². The Balaban J connectivity index is 1.93. The Hall–Kier alpha value is -1.18. The van der Waals surface area contributed by atoms with Gasteiger partial charge in [0.25, 0.3) is 0 Å². The summed E-state index contributed by atoms with van der Waals surface area (Å²) in [6.07, 6.45) is 1.53. The van der Waals surface area contributed by atoms with Gasteiger partial charge in [-0.15, -0.1) is 0 Å². The number of rotatable bonds is 2. The van der Waals surface area contributed by atoms with Crippen LogP contribution in [-0.2, 0) is 9.53 Å². The summed E-state index contributed by atoms with van der Waals surface area (Å²) >= 11 is 9.90. The summed E-state index contributed by atoms with van der Waals surface area (Å²) in [6.45, 7) is 0. The second-order valence-corrected chi connectivity index (χ2v) is 6.60. The maximum Gasteiger partial charge on any atom is 0.363 e. The number of halogens is 3. The minimum absolute atomic E-state index is 0.196. The number of carbonyl (C=O) groups is 1. The number of nitrogens with zero attached hydrogens (tertiary/aromatic N) is 1. The fourth-order valence-corrected chi connectivity index (χ4v) is 2.57. The van der Waals surface area contributed by atoms with Crippen molar-refractivity contribution in [1.29, 1.82) is 0 Å². The maximum atomic E-state index is 11.8. The van der Waals surface area contributed by atoms with Gasteiger partial charge < -0.3 is 9.15 Å². The zero-order valence-corrected chi connectivity index (χ0v) is 15.0. The molecule has 0 saturated heterocycles. The van der Waals surface area contributed by atoms with Gasteiger partial charge in [-0.05, 0) is 62.2 Å². The molecule has 0 bridgehead atoms. The van der Waals surface area contributed by atoms with Gasteiger partial charge in [-0.1, -0.05) is 15.9 Å². The predicted octanol–water partition coefficient (Wildman–Crippen LogP) is 4.91. The van der Waals surface area contributed by atoms with Gasteiger partial charge >= 0.3 is 5.97 Å². The van der Waals surface area contributed by atoms with Gasteiger partial charge in [0.1, 0.15) is 5.76 Å². The Bertz CT molecular complexity index is 756. The fraction of sp³-hybridized carbons (Fsp3) is 0. The molecule has 0 amide bonds. The highest BCUT2D eigenvalue weighted by Gasteiger charge is 2.24. The van der Waals surface area contributed by atoms with E-state index in [9.17, 15) is 4.79 Å². The predicted molar refractivity (Wildman–Crippen MR) is 88.9 cm³/mol. The standard InChI is InChI=1S/C14H6Br3NO3/c15-8-3-1-7(2-4-8)13-18-11(14(19)21-13)6-9-5-10(16)12(17)20-9/h1-6H/b11-6-. The van der Waals surface area contributed by atoms with Crippen LogP contribution in [0.4, 0.5) is 0 Å². The number of carbonyl (C=O) groups excluding carboxylic acids is 1. The van der Waals surface area contributed by atoms with Crippen LogP contribution in [0.15, 0.2) is 59.1 Å². The lowest BCUT2D eigenvalue weighted by atomic mass is 10.2. The monoisotopic (exact) mass is 473 g/mol. The van der Waals surface area contributed by atoms with Crippen molar-refractivity contribution >= 4 is 65.7 Å². The molecule has 0 N–H and O–H groups in total. The Labute approximate surface area is 145 Å². The minimum Gasteiger partial charge on any atom is -0.449 e. The van der Waals surface area contributed by atoms with Gasteiger partial charge in [-0.25, -0.2) is 9.79 Å². The van der Waals surface area contributed by atoms with E-state index in [0.29, 0.717) is 10.4 Å². The van der Waals surface area contributed by atoms with Gasteiger partial charge in [0.05, 0.1) is 4.47 Å². The van der Waals surface area contributed by atoms with Crippen LogP contribution in [0.2, 0.25) is 0 Å². The van der Waals surface area contributed by atoms with Gasteiger partial charge in [0.15, 0.2) is 10.4 Å². The lowest BCUT2D eigenvalue weighted by molar-refractivity contribution is -0.129. The number of benzene rings is 1. The summed E-state index contributed by atoms with van der Waals surface area (Å²) in [4.78, 5) is 16.0. The van der Waals surface area contributed by atoms with Crippen molar-refractivity contribution < 1.29 is 13.9 Å². The van der Waals surface area contributed by atoms with E-state index in [2.05, 4.69) is 52.8 Å². The van der Waals surface area contributed by atoms with E-state index in [0.717, 1.165) is 14.5 Å². The molecule has 1 aliphatic heterocycles. The highest BCUT2D eigenvalue weighted by atomic mass is 79.9. The number of hydrogen-bond donors (Lipinski definition) is 0. The molecule has 2 aromatic rings. The second-order valence-electron chi connectivity index (χ2n) is 4.11. The third kappa shape index (κ3) is 3.20. The van der Waals surface area contributed by atoms with E-state index in [-0.39, 0.29) is 11.6 Å². The summed E-state index contributed by atoms with van der Waals surface area (Å²) in [5.74, 6) is 0.279. The molecule has 0 aliphatic carbocycles. The Morgan fingerprint density at radius 1 is 1.10 bits per heavy atom. The minimum atomic E-state index is -0.503. The second kappa shape index (κ2) is 5.90. The summed E-state index contributed by atoms with van der Waals surface area (Å²) in [5.41, 5.74) is 0.929. The van der Waals surface area contributed by atoms with Crippen molar-refractivity contribution in [2.24, 2.45) is 4.99 Å². The molecule has 1 aromatic heterocycles. The van der Waals surface area contributed by atoms with Crippen LogP contribution in [0.5, 0.6) is 0 Å². The van der Waals surface area contributed by atoms with E-state index in [1.807, 2.05) is 24.3 Å². The number of hydrogen-bond acceptors (Lipinski definition) is 4. The number of aliphatic imine (C=N–C) groups is 1. The first-order chi connectivity index (χ1) is 10.0. The third-order valence-corrected chi connectivity index (χ3v) is 4.89. The zero-order chi connectivity index (χ0) is 15.0. The maximum absolute atomic E-state index is 11.8. The first kappa shape index (κ1) is 14.7. The van der Waals surface area contributed by atoms with Gasteiger partial charge in [-0.2, -0.15) is 0 Å². The van der Waals surface area contributed by atoms with E-state index in [1.54, 1.807) is 6.07 Å². The van der Waals surface area contributed by atoms with Crippen LogP contribution in [0.3, 0.4) is 0 Å². The van der Waals surface area contributed by atoms with E-state index in [1.165, 1.54) is 6.08 Å². The van der Waals surface area contributed by atoms with Crippen molar-refractivity contribution in [1.82, 2.24) is 0 Å². The SMILES string of the molecule is O=C1OC(c2ccc(Br)cc2)=N/C1=C\c1cc(Br)c(Br)o1. The Morgan fingerprint density at radius 3 is 2.43 bits per heavy atom. The summed E-state index contributed by atoms with van der Waals surface area (Å²) in [5, 5.41) is 0. The largest absolute Gasteiger partial charge is 0.449 e. The van der Waals surface area contributed by atoms with Crippen LogP contribution < -0.4 is 0 Å². The lowest BCUT2D eigenvalue weighted by Gasteiger charge is -1.98. The van der Waals surface area contributed by atoms with Crippen molar-refractivity contribution in [2.75, 3.05) is 0 Å². The molecule has 21 heavy (non-hydrogen) atoms. The van der Waals surface area contributed by atoms with Gasteiger partial charge in [0, 0.05) is 16.1 Å². The number of furan rings is 1. The first-order valence-corrected chi connectivity index (χ1v) is 8.14. The average molecular weight is 476 g/mol. The van der Waals surface area contributed by atoms with Gasteiger partial charge in [0.2, 0.25) is 5.90 Å². The van der Waals surface area contributed by atoms with Crippen molar-refractivity contribution in [3.05, 3.63) is 61.0 Å². The van der Waals surface area contributed by atoms with Crippen molar-refractivity contribution in [2.45, 2.75) is 0 Å². The van der Waals surface area contributed by atoms with Crippen molar-refractivity contribution in [3.8, 4) is 0 Å². The fourth-order valence-electron chi connectivity index (χ4n) is 1.69. The normalized spacial score (nSPS) is 16.2. The molecule has 0 atom stereocenters. The molecule has 7 heteroatoms. The smallest absolute Gasteiger partial charge is 0.363 e. The molecule has 0 unspecified atom stereocenters. The van der Waals surface area contributed by atoms with Crippen LogP contribution >= 0.6 is 47.8 Å². The molecule has 4 nitrogen and oxygen atoms in total. The van der Waals surface area contributed by atoms with E-state index in [4.69, 9.17) is 9.15 Å². The highest BCUT2D eigenvalue weighted by Crippen LogP contribution is 2.29. The number of esters is 1. The molecule has 106 valence electrons. The molecule has 0 spiro atoms. The van der Waals surface area contributed by atoms with Crippen LogP contribution in [-0.4, -0.2) is 11.9 Å². The first-order valence-electron chi connectivity index (χ1n) is 5.76. The summed E-state index contributed by atoms with van der Waals surface area (Å²) in [7, 11) is 0. The number of ether oxygens (including phenoxy) is 1. The Kier molecular flexibility index (Phi) is 4.14. The van der Waals surface area contributed by atoms with E-state index < -0.39 is 5.97 Å². The lowest BCUT2D eigenvalue weighted by Crippen LogP contribution is -2.05. The average Bonchev–Trinajstić information content (AvgIpc) is 2.95. The molecule has 0 radical (unpaired) electrons. The third-order valence-electron chi connectivity index (χ3n) is 2.65. The van der Waals surface area contributed by atoms with Crippen molar-refractivity contribution in [3.63, 3.8) is 0 Å². The quantitative estimate of drug-likeness (QED) is 0.458. The molecule has 1 aliphatic rings. The highest BCUT2D eigenvalue weighted by molar-refractivity contribution is 9.13. The topological polar surface area (TPSA) is 51.8 Å². The van der Waals surface area contributed by atoms with Crippen LogP contribution in [0.1, 0.15) is 11.3 Å². The molecular weight excluding hydrogens is 470 g/mol. The van der Waals surface area contributed by atoms with Crippen LogP contribution in [0.25, 0.3) is 6.08 Å². The Morgan fingerprint density at radius 2 is 1.81 bits per heavy atom. The summed E-state index contributed by atoms with van der Waals surface area (Å²) < 4.78 is 12.8. The molecule has 0 fully saturated rings. The molecule has 3 rings (SSSR count). The molecule has 1 aromatic carbocycles. The molecular formula is C14H6Br3NO3. The van der Waals surface area contributed by atoms with Crippen LogP contribution in [0, 0.1) is 0 Å².